The molecule has 1 saturated heterocycles. The van der Waals surface area contributed by atoms with Crippen LogP contribution in [-0.4, -0.2) is 35.4 Å². The van der Waals surface area contributed by atoms with Gasteiger partial charge in [0.05, 0.1) is 11.4 Å². The molecule has 4 rings (SSSR count). The highest BCUT2D eigenvalue weighted by molar-refractivity contribution is 6.14. The third-order valence-corrected chi connectivity index (χ3v) is 5.59. The van der Waals surface area contributed by atoms with Crippen LogP contribution in [-0.2, 0) is 4.74 Å². The summed E-state index contributed by atoms with van der Waals surface area (Å²) in [7, 11) is 0. The molecule has 1 aliphatic heterocycles. The Kier molecular flexibility index (Phi) is 6.97. The molecule has 3 aromatic rings. The van der Waals surface area contributed by atoms with E-state index in [0.29, 0.717) is 13.1 Å². The first kappa shape index (κ1) is 23.5. The van der Waals surface area contributed by atoms with E-state index in [1.54, 1.807) is 4.90 Å². The van der Waals surface area contributed by atoms with Gasteiger partial charge in [-0.05, 0) is 63.5 Å². The Bertz CT molecular complexity index is 1200. The summed E-state index contributed by atoms with van der Waals surface area (Å²) in [4.78, 5) is 19.1. The molecule has 0 N–H and O–H groups in total. The number of aliphatic imine (C=N–C) groups is 1. The van der Waals surface area contributed by atoms with E-state index in [1.807, 2.05) is 51.1 Å². The Balaban J connectivity index is 1.53. The minimum atomic E-state index is -0.475. The van der Waals surface area contributed by atoms with E-state index in [-0.39, 0.29) is 6.09 Å². The van der Waals surface area contributed by atoms with E-state index in [0.717, 1.165) is 34.5 Å². The van der Waals surface area contributed by atoms with E-state index in [4.69, 9.17) is 9.73 Å². The average Bonchev–Trinajstić information content (AvgIpc) is 3.27. The quantitative estimate of drug-likeness (QED) is 0.393. The van der Waals surface area contributed by atoms with Gasteiger partial charge in [0.1, 0.15) is 5.60 Å². The van der Waals surface area contributed by atoms with Crippen LogP contribution >= 0.6 is 0 Å². The van der Waals surface area contributed by atoms with Crippen molar-refractivity contribution >= 4 is 23.6 Å². The average molecular weight is 453 g/mol. The summed E-state index contributed by atoms with van der Waals surface area (Å²) in [6.07, 6.45) is 2.78. The SMILES string of the molecule is Cc1cccc(/C(=N/c2ccc(/C=C3\CCN(C(=O)OC(C)(C)C)C3)cc2)c2ccccc2)c1. The molecule has 1 amide bonds. The van der Waals surface area contributed by atoms with E-state index in [1.165, 1.54) is 11.1 Å². The molecule has 1 heterocycles. The fraction of sp³-hybridized carbons (Fsp3) is 0.267. The van der Waals surface area contributed by atoms with Crippen LogP contribution in [0.15, 0.2) is 89.4 Å². The van der Waals surface area contributed by atoms with Gasteiger partial charge in [-0.3, -0.25) is 0 Å². The lowest BCUT2D eigenvalue weighted by atomic mass is 10.0. The minimum Gasteiger partial charge on any atom is -0.444 e. The molecule has 1 aliphatic rings. The van der Waals surface area contributed by atoms with E-state index in [2.05, 4.69) is 61.5 Å². The third kappa shape index (κ3) is 6.22. The van der Waals surface area contributed by atoms with Gasteiger partial charge in [-0.25, -0.2) is 9.79 Å². The van der Waals surface area contributed by atoms with E-state index >= 15 is 0 Å². The molecule has 4 nitrogen and oxygen atoms in total. The molecule has 3 aromatic carbocycles. The number of ether oxygens (including phenoxy) is 1. The van der Waals surface area contributed by atoms with Gasteiger partial charge < -0.3 is 9.64 Å². The van der Waals surface area contributed by atoms with E-state index < -0.39 is 5.60 Å². The number of nitrogens with zero attached hydrogens (tertiary/aromatic N) is 2. The van der Waals surface area contributed by atoms with Gasteiger partial charge in [0, 0.05) is 24.2 Å². The zero-order valence-corrected chi connectivity index (χ0v) is 20.4. The summed E-state index contributed by atoms with van der Waals surface area (Å²) in [5.41, 5.74) is 7.13. The van der Waals surface area contributed by atoms with Gasteiger partial charge in [0.25, 0.3) is 0 Å². The van der Waals surface area contributed by atoms with Crippen LogP contribution in [0, 0.1) is 6.92 Å². The number of likely N-dealkylation sites (tertiary alicyclic amines) is 1. The second-order valence-electron chi connectivity index (χ2n) is 9.74. The summed E-state index contributed by atoms with van der Waals surface area (Å²) in [5, 5.41) is 0. The smallest absolute Gasteiger partial charge is 0.410 e. The number of amides is 1. The summed E-state index contributed by atoms with van der Waals surface area (Å²) in [6, 6.07) is 27.0. The predicted octanol–water partition coefficient (Wildman–Crippen LogP) is 7.19. The molecular formula is C30H32N2O2. The van der Waals surface area contributed by atoms with Crippen LogP contribution in [0.1, 0.15) is 49.4 Å². The number of hydrogen-bond acceptors (Lipinski definition) is 3. The second kappa shape index (κ2) is 10.1. The topological polar surface area (TPSA) is 41.9 Å². The molecule has 4 heteroatoms. The Labute approximate surface area is 202 Å². The largest absolute Gasteiger partial charge is 0.444 e. The van der Waals surface area contributed by atoms with Crippen LogP contribution in [0.25, 0.3) is 6.08 Å². The van der Waals surface area contributed by atoms with Crippen LogP contribution in [0.5, 0.6) is 0 Å². The molecule has 34 heavy (non-hydrogen) atoms. The molecule has 0 radical (unpaired) electrons. The first-order valence-electron chi connectivity index (χ1n) is 11.8. The molecule has 174 valence electrons. The lowest BCUT2D eigenvalue weighted by Crippen LogP contribution is -2.34. The fourth-order valence-corrected chi connectivity index (χ4v) is 3.98. The van der Waals surface area contributed by atoms with Crippen LogP contribution in [0.2, 0.25) is 0 Å². The maximum absolute atomic E-state index is 12.3. The monoisotopic (exact) mass is 452 g/mol. The Morgan fingerprint density at radius 3 is 2.32 bits per heavy atom. The molecule has 0 aliphatic carbocycles. The zero-order chi connectivity index (χ0) is 24.1. The number of aryl methyl sites for hydroxylation is 1. The van der Waals surface area contributed by atoms with Gasteiger partial charge in [-0.2, -0.15) is 0 Å². The van der Waals surface area contributed by atoms with Gasteiger partial charge in [-0.15, -0.1) is 0 Å². The molecule has 0 unspecified atom stereocenters. The summed E-state index contributed by atoms with van der Waals surface area (Å²) in [5.74, 6) is 0. The highest BCUT2D eigenvalue weighted by Gasteiger charge is 2.26. The molecule has 0 spiro atoms. The van der Waals surface area contributed by atoms with Crippen molar-refractivity contribution in [2.75, 3.05) is 13.1 Å². The number of carbonyl (C=O) groups is 1. The number of benzene rings is 3. The highest BCUT2D eigenvalue weighted by atomic mass is 16.6. The number of hydrogen-bond donors (Lipinski definition) is 0. The van der Waals surface area contributed by atoms with Gasteiger partial charge in [0.2, 0.25) is 0 Å². The van der Waals surface area contributed by atoms with Gasteiger partial charge in [-0.1, -0.05) is 72.3 Å². The maximum atomic E-state index is 12.3. The third-order valence-electron chi connectivity index (χ3n) is 5.59. The lowest BCUT2D eigenvalue weighted by Gasteiger charge is -2.23. The Hall–Kier alpha value is -3.66. The summed E-state index contributed by atoms with van der Waals surface area (Å²) in [6.45, 7) is 9.08. The first-order valence-corrected chi connectivity index (χ1v) is 11.8. The minimum absolute atomic E-state index is 0.245. The molecule has 0 atom stereocenters. The molecule has 0 saturated carbocycles. The normalized spacial score (nSPS) is 15.6. The van der Waals surface area contributed by atoms with Crippen molar-refractivity contribution in [3.05, 3.63) is 107 Å². The van der Waals surface area contributed by atoms with Crippen LogP contribution < -0.4 is 0 Å². The fourth-order valence-electron chi connectivity index (χ4n) is 3.98. The predicted molar refractivity (Wildman–Crippen MR) is 140 cm³/mol. The van der Waals surface area contributed by atoms with Crippen molar-refractivity contribution in [3.63, 3.8) is 0 Å². The molecule has 0 bridgehead atoms. The van der Waals surface area contributed by atoms with Gasteiger partial charge in [0.15, 0.2) is 0 Å². The molecule has 0 aromatic heterocycles. The Morgan fingerprint density at radius 2 is 1.65 bits per heavy atom. The maximum Gasteiger partial charge on any atom is 0.410 e. The van der Waals surface area contributed by atoms with Crippen molar-refractivity contribution in [1.82, 2.24) is 4.90 Å². The van der Waals surface area contributed by atoms with Crippen molar-refractivity contribution in [2.24, 2.45) is 4.99 Å². The number of rotatable bonds is 4. The summed E-state index contributed by atoms with van der Waals surface area (Å²) >= 11 is 0. The zero-order valence-electron chi connectivity index (χ0n) is 20.4. The molecular weight excluding hydrogens is 420 g/mol. The van der Waals surface area contributed by atoms with Crippen LogP contribution in [0.3, 0.4) is 0 Å². The number of carbonyl (C=O) groups excluding carboxylic acids is 1. The lowest BCUT2D eigenvalue weighted by molar-refractivity contribution is 0.0299. The highest BCUT2D eigenvalue weighted by Crippen LogP contribution is 2.24. The van der Waals surface area contributed by atoms with Crippen molar-refractivity contribution in [3.8, 4) is 0 Å². The Morgan fingerprint density at radius 1 is 0.941 bits per heavy atom. The van der Waals surface area contributed by atoms with Crippen molar-refractivity contribution in [2.45, 2.75) is 39.7 Å². The van der Waals surface area contributed by atoms with Gasteiger partial charge >= 0.3 is 6.09 Å². The first-order chi connectivity index (χ1) is 16.3. The molecule has 1 fully saturated rings. The summed E-state index contributed by atoms with van der Waals surface area (Å²) < 4.78 is 5.50. The van der Waals surface area contributed by atoms with Crippen molar-refractivity contribution in [1.29, 1.82) is 0 Å². The standard InChI is InChI=1S/C30H32N2O2/c1-22-9-8-12-26(19-22)28(25-10-6-5-7-11-25)31-27-15-13-23(14-16-27)20-24-17-18-32(21-24)29(33)34-30(2,3)4/h5-16,19-20H,17-18,21H2,1-4H3/b24-20+,31-28+. The van der Waals surface area contributed by atoms with Crippen molar-refractivity contribution < 1.29 is 9.53 Å². The van der Waals surface area contributed by atoms with E-state index in [9.17, 15) is 4.79 Å². The van der Waals surface area contributed by atoms with Crippen LogP contribution in [0.4, 0.5) is 10.5 Å². The second-order valence-corrected chi connectivity index (χ2v) is 9.74.